The van der Waals surface area contributed by atoms with Gasteiger partial charge < -0.3 is 19.3 Å². The van der Waals surface area contributed by atoms with Crippen molar-refractivity contribution in [1.29, 1.82) is 0 Å². The van der Waals surface area contributed by atoms with Crippen LogP contribution in [0.1, 0.15) is 42.5 Å². The average molecular weight is 488 g/mol. The van der Waals surface area contributed by atoms with Crippen molar-refractivity contribution in [2.24, 2.45) is 0 Å². The maximum absolute atomic E-state index is 13.4. The van der Waals surface area contributed by atoms with E-state index in [1.165, 1.54) is 26.2 Å². The summed E-state index contributed by atoms with van der Waals surface area (Å²) in [6.07, 6.45) is 0. The van der Waals surface area contributed by atoms with Gasteiger partial charge in [0.25, 0.3) is 11.7 Å². The van der Waals surface area contributed by atoms with Gasteiger partial charge in [0, 0.05) is 5.69 Å². The summed E-state index contributed by atoms with van der Waals surface area (Å²) in [6.45, 7) is 4.16. The number of aliphatic hydroxyl groups excluding tert-OH is 1. The zero-order chi connectivity index (χ0) is 26.0. The van der Waals surface area contributed by atoms with E-state index in [1.54, 1.807) is 42.5 Å². The molecule has 36 heavy (non-hydrogen) atoms. The van der Waals surface area contributed by atoms with Crippen molar-refractivity contribution >= 4 is 23.1 Å². The Kier molecular flexibility index (Phi) is 7.01. The number of Topliss-reactive ketones (excluding diaryl/α,β-unsaturated/α-hetero) is 1. The molecule has 3 aromatic carbocycles. The van der Waals surface area contributed by atoms with E-state index in [0.29, 0.717) is 40.0 Å². The van der Waals surface area contributed by atoms with Gasteiger partial charge in [-0.3, -0.25) is 14.5 Å². The monoisotopic (exact) mass is 487 g/mol. The van der Waals surface area contributed by atoms with Gasteiger partial charge in [-0.1, -0.05) is 44.2 Å². The Hall–Kier alpha value is -4.26. The molecule has 7 nitrogen and oxygen atoms in total. The number of amides is 1. The predicted octanol–water partition coefficient (Wildman–Crippen LogP) is 5.46. The largest absolute Gasteiger partial charge is 0.507 e. The fourth-order valence-corrected chi connectivity index (χ4v) is 4.44. The number of ketones is 1. The van der Waals surface area contributed by atoms with Gasteiger partial charge >= 0.3 is 0 Å². The summed E-state index contributed by atoms with van der Waals surface area (Å²) in [5.74, 6) is -0.200. The molecule has 3 aromatic rings. The van der Waals surface area contributed by atoms with Crippen LogP contribution in [0.25, 0.3) is 5.76 Å². The van der Waals surface area contributed by atoms with Gasteiger partial charge in [-0.25, -0.2) is 0 Å². The summed E-state index contributed by atoms with van der Waals surface area (Å²) in [4.78, 5) is 28.3. The van der Waals surface area contributed by atoms with Gasteiger partial charge in [-0.05, 0) is 53.4 Å². The first-order valence-corrected chi connectivity index (χ1v) is 11.6. The number of methoxy groups -OCH3 is 3. The minimum Gasteiger partial charge on any atom is -0.507 e. The Morgan fingerprint density at radius 1 is 0.833 bits per heavy atom. The van der Waals surface area contributed by atoms with E-state index < -0.39 is 17.7 Å². The maximum Gasteiger partial charge on any atom is 0.300 e. The molecule has 7 heteroatoms. The number of benzene rings is 3. The Balaban J connectivity index is 1.97. The van der Waals surface area contributed by atoms with Gasteiger partial charge in [0.15, 0.2) is 11.5 Å². The molecule has 1 aliphatic heterocycles. The Bertz CT molecular complexity index is 1330. The SMILES string of the molecule is COc1ccc(C2/C(=C(/O)c3ccccc3OC)C(=O)C(=O)N2c2ccc(C(C)C)cc2)cc1OC. The van der Waals surface area contributed by atoms with E-state index in [-0.39, 0.29) is 11.3 Å². The lowest BCUT2D eigenvalue weighted by molar-refractivity contribution is -0.132. The molecule has 0 spiro atoms. The number of hydrogen-bond donors (Lipinski definition) is 1. The summed E-state index contributed by atoms with van der Waals surface area (Å²) in [5.41, 5.74) is 2.51. The van der Waals surface area contributed by atoms with Crippen molar-refractivity contribution in [2.75, 3.05) is 26.2 Å². The molecule has 1 N–H and O–H groups in total. The van der Waals surface area contributed by atoms with Gasteiger partial charge in [-0.15, -0.1) is 0 Å². The minimum atomic E-state index is -0.903. The Labute approximate surface area is 210 Å². The van der Waals surface area contributed by atoms with Crippen molar-refractivity contribution in [3.05, 3.63) is 89.0 Å². The highest BCUT2D eigenvalue weighted by Gasteiger charge is 2.47. The number of rotatable bonds is 7. The van der Waals surface area contributed by atoms with E-state index in [2.05, 4.69) is 13.8 Å². The minimum absolute atomic E-state index is 0.0374. The van der Waals surface area contributed by atoms with Crippen LogP contribution >= 0.6 is 0 Å². The van der Waals surface area contributed by atoms with E-state index in [9.17, 15) is 14.7 Å². The number of carbonyl (C=O) groups excluding carboxylic acids is 2. The zero-order valence-electron chi connectivity index (χ0n) is 20.9. The van der Waals surface area contributed by atoms with E-state index in [1.807, 2.05) is 24.3 Å². The zero-order valence-corrected chi connectivity index (χ0v) is 20.9. The molecule has 4 rings (SSSR count). The standard InChI is InChI=1S/C29H29NO6/c1-17(2)18-10-13-20(14-11-18)30-26(19-12-15-23(35-4)24(16-19)36-5)25(28(32)29(30)33)27(31)21-8-6-7-9-22(21)34-3/h6-17,26,31H,1-5H3/b27-25-. The van der Waals surface area contributed by atoms with E-state index in [0.717, 1.165) is 5.56 Å². The maximum atomic E-state index is 13.4. The number of para-hydroxylation sites is 1. The fraction of sp³-hybridized carbons (Fsp3) is 0.241. The summed E-state index contributed by atoms with van der Waals surface area (Å²) < 4.78 is 16.2. The first-order valence-electron chi connectivity index (χ1n) is 11.6. The number of aliphatic hydroxyl groups is 1. The van der Waals surface area contributed by atoms with Crippen molar-refractivity contribution < 1.29 is 28.9 Å². The summed E-state index contributed by atoms with van der Waals surface area (Å²) in [5, 5.41) is 11.4. The molecule has 0 saturated carbocycles. The van der Waals surface area contributed by atoms with Gasteiger partial charge in [-0.2, -0.15) is 0 Å². The highest BCUT2D eigenvalue weighted by Crippen LogP contribution is 2.45. The van der Waals surface area contributed by atoms with Crippen LogP contribution in [0.4, 0.5) is 5.69 Å². The lowest BCUT2D eigenvalue weighted by Gasteiger charge is -2.26. The molecule has 1 unspecified atom stereocenters. The number of ether oxygens (including phenoxy) is 3. The van der Waals surface area contributed by atoms with Gasteiger partial charge in [0.1, 0.15) is 11.5 Å². The first kappa shape index (κ1) is 24.9. The molecule has 1 heterocycles. The van der Waals surface area contributed by atoms with Gasteiger partial charge in [0.2, 0.25) is 0 Å². The second-order valence-corrected chi connectivity index (χ2v) is 8.73. The summed E-state index contributed by atoms with van der Waals surface area (Å²) in [7, 11) is 4.52. The molecule has 186 valence electrons. The average Bonchev–Trinajstić information content (AvgIpc) is 3.17. The number of nitrogens with zero attached hydrogens (tertiary/aromatic N) is 1. The Morgan fingerprint density at radius 2 is 1.47 bits per heavy atom. The molecule has 1 saturated heterocycles. The van der Waals surface area contributed by atoms with Crippen molar-refractivity contribution in [3.8, 4) is 17.2 Å². The van der Waals surface area contributed by atoms with Crippen LogP contribution in [0, 0.1) is 0 Å². The quantitative estimate of drug-likeness (QED) is 0.271. The number of carbonyl (C=O) groups is 2. The molecule has 1 amide bonds. The van der Waals surface area contributed by atoms with Crippen LogP contribution < -0.4 is 19.1 Å². The third kappa shape index (κ3) is 4.28. The molecule has 1 aliphatic rings. The lowest BCUT2D eigenvalue weighted by atomic mass is 9.94. The van der Waals surface area contributed by atoms with Crippen LogP contribution in [0.2, 0.25) is 0 Å². The van der Waals surface area contributed by atoms with Crippen molar-refractivity contribution in [1.82, 2.24) is 0 Å². The van der Waals surface area contributed by atoms with Crippen LogP contribution in [0.5, 0.6) is 17.2 Å². The molecule has 0 bridgehead atoms. The molecule has 1 atom stereocenters. The van der Waals surface area contributed by atoms with Crippen LogP contribution in [0.15, 0.2) is 72.3 Å². The van der Waals surface area contributed by atoms with Crippen molar-refractivity contribution in [2.45, 2.75) is 25.8 Å². The molecule has 0 aromatic heterocycles. The molecular weight excluding hydrogens is 458 g/mol. The van der Waals surface area contributed by atoms with Crippen LogP contribution in [-0.2, 0) is 9.59 Å². The fourth-order valence-electron chi connectivity index (χ4n) is 4.44. The molecule has 1 fully saturated rings. The third-order valence-electron chi connectivity index (χ3n) is 6.37. The van der Waals surface area contributed by atoms with E-state index >= 15 is 0 Å². The second-order valence-electron chi connectivity index (χ2n) is 8.73. The third-order valence-corrected chi connectivity index (χ3v) is 6.37. The number of hydrogen-bond acceptors (Lipinski definition) is 6. The number of anilines is 1. The lowest BCUT2D eigenvalue weighted by Crippen LogP contribution is -2.29. The highest BCUT2D eigenvalue weighted by atomic mass is 16.5. The first-order chi connectivity index (χ1) is 17.3. The summed E-state index contributed by atoms with van der Waals surface area (Å²) >= 11 is 0. The van der Waals surface area contributed by atoms with Crippen LogP contribution in [-0.4, -0.2) is 38.1 Å². The predicted molar refractivity (Wildman–Crippen MR) is 138 cm³/mol. The highest BCUT2D eigenvalue weighted by molar-refractivity contribution is 6.51. The molecule has 0 radical (unpaired) electrons. The van der Waals surface area contributed by atoms with Crippen LogP contribution in [0.3, 0.4) is 0 Å². The summed E-state index contributed by atoms with van der Waals surface area (Å²) in [6, 6.07) is 18.6. The smallest absolute Gasteiger partial charge is 0.300 e. The molecule has 0 aliphatic carbocycles. The molecular formula is C29H29NO6. The second kappa shape index (κ2) is 10.2. The topological polar surface area (TPSA) is 85.3 Å². The normalized spacial score (nSPS) is 16.9. The van der Waals surface area contributed by atoms with E-state index in [4.69, 9.17) is 14.2 Å². The van der Waals surface area contributed by atoms with Gasteiger partial charge in [0.05, 0.1) is 38.5 Å². The Morgan fingerprint density at radius 3 is 2.08 bits per heavy atom. The van der Waals surface area contributed by atoms with Crippen molar-refractivity contribution in [3.63, 3.8) is 0 Å².